The minimum absolute atomic E-state index is 0.578. The summed E-state index contributed by atoms with van der Waals surface area (Å²) in [6.45, 7) is 3.28. The molecule has 1 atom stereocenters. The van der Waals surface area contributed by atoms with Gasteiger partial charge in [0.2, 0.25) is 0 Å². The highest BCUT2D eigenvalue weighted by atomic mass is 79.9. The third-order valence-corrected chi connectivity index (χ3v) is 4.27. The zero-order valence-electron chi connectivity index (χ0n) is 13.9. The fourth-order valence-corrected chi connectivity index (χ4v) is 2.83. The van der Waals surface area contributed by atoms with E-state index in [1.54, 1.807) is 0 Å². The molecule has 1 aromatic carbocycles. The number of nitrogens with zero attached hydrogens (tertiary/aromatic N) is 3. The van der Waals surface area contributed by atoms with Crippen molar-refractivity contribution in [1.82, 2.24) is 9.55 Å². The van der Waals surface area contributed by atoms with Gasteiger partial charge in [-0.05, 0) is 24.1 Å². The monoisotopic (exact) mass is 398 g/mol. The average Bonchev–Trinajstić information content (AvgIpc) is 3.04. The molecule has 0 aliphatic rings. The summed E-state index contributed by atoms with van der Waals surface area (Å²) in [5.74, 6) is 0.578. The first-order valence-electron chi connectivity index (χ1n) is 8.09. The summed E-state index contributed by atoms with van der Waals surface area (Å²) in [4.78, 5) is 12.6. The van der Waals surface area contributed by atoms with Crippen LogP contribution >= 0.6 is 15.9 Å². The van der Waals surface area contributed by atoms with E-state index in [4.69, 9.17) is 15.3 Å². The molecule has 0 fully saturated rings. The van der Waals surface area contributed by atoms with E-state index in [1.807, 2.05) is 12.5 Å². The molecule has 2 aromatic rings. The predicted octanol–water partition coefficient (Wildman–Crippen LogP) is 4.94. The van der Waals surface area contributed by atoms with Gasteiger partial charge < -0.3 is 4.57 Å². The summed E-state index contributed by atoms with van der Waals surface area (Å²) in [6.07, 6.45) is 12.4. The van der Waals surface area contributed by atoms with E-state index in [-0.39, 0.29) is 0 Å². The lowest BCUT2D eigenvalue weighted by molar-refractivity contribution is -0.969. The fourth-order valence-electron chi connectivity index (χ4n) is 2.57. The molecular weight excluding hydrogens is 374 g/mol. The van der Waals surface area contributed by atoms with Crippen molar-refractivity contribution in [2.45, 2.75) is 51.5 Å². The van der Waals surface area contributed by atoms with Crippen LogP contribution in [0.2, 0.25) is 0 Å². The van der Waals surface area contributed by atoms with Crippen LogP contribution in [0.4, 0.5) is 0 Å². The molecule has 0 aliphatic carbocycles. The molecule has 1 unspecified atom stereocenters. The number of aromatic nitrogens is 2. The van der Waals surface area contributed by atoms with E-state index >= 15 is 0 Å². The summed E-state index contributed by atoms with van der Waals surface area (Å²) in [5.41, 5.74) is 1.43. The van der Waals surface area contributed by atoms with Crippen LogP contribution in [0.25, 0.3) is 0 Å². The highest BCUT2D eigenvalue weighted by Gasteiger charge is 2.12. The lowest BCUT2D eigenvalue weighted by Gasteiger charge is -2.18. The van der Waals surface area contributed by atoms with E-state index in [9.17, 15) is 0 Å². The van der Waals surface area contributed by atoms with Crippen LogP contribution in [0.1, 0.15) is 50.5 Å². The van der Waals surface area contributed by atoms with Crippen molar-refractivity contribution in [3.63, 3.8) is 0 Å². The first-order valence-corrected chi connectivity index (χ1v) is 8.88. The summed E-state index contributed by atoms with van der Waals surface area (Å²) in [5, 5.41) is 12.5. The minimum atomic E-state index is -1.25. The number of unbranched alkanes of at least 4 members (excludes halogenated alkanes) is 3. The van der Waals surface area contributed by atoms with Gasteiger partial charge >= 0.3 is 5.09 Å². The molecule has 2 N–H and O–H groups in total. The van der Waals surface area contributed by atoms with Gasteiger partial charge in [0.05, 0.1) is 6.33 Å². The first-order chi connectivity index (χ1) is 11.5. The van der Waals surface area contributed by atoms with Crippen molar-refractivity contribution in [2.75, 3.05) is 0 Å². The molecule has 7 heteroatoms. The number of hydrogen-bond acceptors (Lipinski definition) is 2. The normalized spacial score (nSPS) is 11.4. The number of benzene rings is 1. The van der Waals surface area contributed by atoms with E-state index in [1.165, 1.54) is 37.7 Å². The molecule has 0 bridgehead atoms. The number of hydrogen-bond donors (Lipinski definition) is 2. The zero-order valence-corrected chi connectivity index (χ0v) is 15.5. The summed E-state index contributed by atoms with van der Waals surface area (Å²) in [7, 11) is 0. The molecule has 0 spiro atoms. The van der Waals surface area contributed by atoms with Crippen LogP contribution in [-0.2, 0) is 6.54 Å². The lowest BCUT2D eigenvalue weighted by atomic mass is 9.93. The smallest absolute Gasteiger partial charge is 0.337 e. The van der Waals surface area contributed by atoms with Crippen LogP contribution in [0.3, 0.4) is 0 Å². The Hall–Kier alpha value is -1.89. The molecule has 2 rings (SSSR count). The first kappa shape index (κ1) is 20.2. The van der Waals surface area contributed by atoms with Crippen LogP contribution in [0.15, 0.2) is 47.5 Å². The maximum Gasteiger partial charge on any atom is 0.472 e. The lowest BCUT2D eigenvalue weighted by Crippen LogP contribution is -2.08. The van der Waals surface area contributed by atoms with Gasteiger partial charge in [0, 0.05) is 29.3 Å². The summed E-state index contributed by atoms with van der Waals surface area (Å²) < 4.78 is 3.33. The molecule has 24 heavy (non-hydrogen) atoms. The Kier molecular flexibility index (Phi) is 9.76. The predicted molar refractivity (Wildman–Crippen MR) is 95.1 cm³/mol. The Balaban J connectivity index is 0.000000648. The summed E-state index contributed by atoms with van der Waals surface area (Å²) >= 11 is 3.51. The number of rotatable bonds is 8. The van der Waals surface area contributed by atoms with Crippen molar-refractivity contribution >= 4 is 15.9 Å². The SMILES string of the molecule is CCCCCCC(Cn1ccnc1)c1ccc(Br)cc1.O=[N+](O)O. The van der Waals surface area contributed by atoms with Crippen LogP contribution in [0.5, 0.6) is 0 Å². The van der Waals surface area contributed by atoms with Crippen LogP contribution in [-0.4, -0.2) is 25.1 Å². The Morgan fingerprint density at radius 2 is 1.88 bits per heavy atom. The molecule has 132 valence electrons. The third kappa shape index (κ3) is 8.67. The Morgan fingerprint density at radius 3 is 2.42 bits per heavy atom. The molecule has 6 nitrogen and oxygen atoms in total. The second-order valence-electron chi connectivity index (χ2n) is 5.61. The highest BCUT2D eigenvalue weighted by molar-refractivity contribution is 9.10. The van der Waals surface area contributed by atoms with Gasteiger partial charge in [-0.1, -0.05) is 60.7 Å². The van der Waals surface area contributed by atoms with Gasteiger partial charge in [-0.2, -0.15) is 0 Å². The Labute approximate surface area is 150 Å². The standard InChI is InChI=1S/C17H23BrN2.H2NO3/c1-2-3-4-5-6-16(13-20-12-11-19-14-20)15-7-9-17(18)10-8-15;2-1(3)4/h7-12,14,16H,2-6,13H2,1H3;(H2,2,3,4)/q;+1. The van der Waals surface area contributed by atoms with Crippen molar-refractivity contribution in [3.05, 3.63) is 57.9 Å². The van der Waals surface area contributed by atoms with Crippen LogP contribution in [0, 0.1) is 4.91 Å². The van der Waals surface area contributed by atoms with Gasteiger partial charge in [-0.25, -0.2) is 15.4 Å². The molecule has 1 aromatic heterocycles. The molecule has 0 radical (unpaired) electrons. The maximum atomic E-state index is 8.47. The molecule has 1 heterocycles. The molecule has 0 amide bonds. The highest BCUT2D eigenvalue weighted by Crippen LogP contribution is 2.26. The maximum absolute atomic E-state index is 8.47. The third-order valence-electron chi connectivity index (χ3n) is 3.74. The fraction of sp³-hybridized carbons (Fsp3) is 0.471. The Bertz CT molecular complexity index is 569. The van der Waals surface area contributed by atoms with Crippen molar-refractivity contribution in [1.29, 1.82) is 0 Å². The largest absolute Gasteiger partial charge is 0.472 e. The topological polar surface area (TPSA) is 78.4 Å². The Morgan fingerprint density at radius 1 is 1.21 bits per heavy atom. The molecule has 0 saturated heterocycles. The van der Waals surface area contributed by atoms with Crippen LogP contribution < -0.4 is 0 Å². The van der Waals surface area contributed by atoms with E-state index in [2.05, 4.69) is 62.9 Å². The summed E-state index contributed by atoms with van der Waals surface area (Å²) in [6, 6.07) is 8.77. The van der Waals surface area contributed by atoms with Gasteiger partial charge in [-0.15, -0.1) is 0 Å². The average molecular weight is 399 g/mol. The van der Waals surface area contributed by atoms with Gasteiger partial charge in [-0.3, -0.25) is 0 Å². The molecule has 0 saturated carbocycles. The minimum Gasteiger partial charge on any atom is -0.337 e. The van der Waals surface area contributed by atoms with Gasteiger partial charge in [0.25, 0.3) is 0 Å². The van der Waals surface area contributed by atoms with Crippen molar-refractivity contribution < 1.29 is 15.5 Å². The van der Waals surface area contributed by atoms with E-state index in [0.717, 1.165) is 11.0 Å². The number of halogens is 1. The second kappa shape index (κ2) is 11.6. The second-order valence-corrected chi connectivity index (χ2v) is 6.53. The number of imidazole rings is 1. The van der Waals surface area contributed by atoms with E-state index < -0.39 is 5.09 Å². The quantitative estimate of drug-likeness (QED) is 0.487. The molecule has 0 aliphatic heterocycles. The van der Waals surface area contributed by atoms with Gasteiger partial charge in [0.15, 0.2) is 0 Å². The van der Waals surface area contributed by atoms with Crippen molar-refractivity contribution in [2.24, 2.45) is 0 Å². The van der Waals surface area contributed by atoms with Crippen molar-refractivity contribution in [3.8, 4) is 0 Å². The van der Waals surface area contributed by atoms with E-state index in [0.29, 0.717) is 5.92 Å². The molecular formula is C17H25BrN3O3+. The van der Waals surface area contributed by atoms with Gasteiger partial charge in [0.1, 0.15) is 4.91 Å². The zero-order chi connectivity index (χ0) is 17.8.